The molecule has 0 atom stereocenters. The topological polar surface area (TPSA) is 57.3 Å². The molecule has 0 saturated carbocycles. The summed E-state index contributed by atoms with van der Waals surface area (Å²) in [5.41, 5.74) is 1.16. The third-order valence-corrected chi connectivity index (χ3v) is 3.01. The van der Waals surface area contributed by atoms with E-state index >= 15 is 0 Å². The maximum atomic E-state index is 11.4. The molecule has 0 aromatic carbocycles. The van der Waals surface area contributed by atoms with Crippen LogP contribution in [0.25, 0.3) is 0 Å². The zero-order valence-corrected chi connectivity index (χ0v) is 12.9. The van der Waals surface area contributed by atoms with Gasteiger partial charge < -0.3 is 15.5 Å². The van der Waals surface area contributed by atoms with Crippen molar-refractivity contribution < 1.29 is 4.79 Å². The summed E-state index contributed by atoms with van der Waals surface area (Å²) in [5.74, 6) is 1.48. The number of carbonyl (C=O) groups is 1. The van der Waals surface area contributed by atoms with E-state index in [2.05, 4.69) is 35.5 Å². The van der Waals surface area contributed by atoms with Crippen LogP contribution in [-0.4, -0.2) is 37.6 Å². The highest BCUT2D eigenvalue weighted by atomic mass is 16.1. The van der Waals surface area contributed by atoms with Crippen LogP contribution in [0.4, 0.5) is 5.82 Å². The number of aromatic nitrogens is 1. The second-order valence-electron chi connectivity index (χ2n) is 5.24. The Morgan fingerprint density at radius 2 is 2.15 bits per heavy atom. The van der Waals surface area contributed by atoms with Gasteiger partial charge in [-0.2, -0.15) is 0 Å². The quantitative estimate of drug-likeness (QED) is 0.755. The Morgan fingerprint density at radius 1 is 1.40 bits per heavy atom. The highest BCUT2D eigenvalue weighted by molar-refractivity contribution is 5.80. The number of carbonyl (C=O) groups excluding carboxylic acids is 1. The minimum Gasteiger partial charge on any atom is -0.358 e. The lowest BCUT2D eigenvalue weighted by Gasteiger charge is -2.21. The van der Waals surface area contributed by atoms with E-state index in [-0.39, 0.29) is 5.91 Å². The normalized spacial score (nSPS) is 10.7. The second-order valence-corrected chi connectivity index (χ2v) is 5.24. The van der Waals surface area contributed by atoms with Gasteiger partial charge in [0.25, 0.3) is 0 Å². The smallest absolute Gasteiger partial charge is 0.239 e. The predicted octanol–water partition coefficient (Wildman–Crippen LogP) is 1.40. The van der Waals surface area contributed by atoms with E-state index in [1.165, 1.54) is 0 Å². The molecule has 0 bridgehead atoms. The molecule has 0 saturated heterocycles. The fourth-order valence-electron chi connectivity index (χ4n) is 1.82. The standard InChI is InChI=1S/C15H26N4O/c1-5-19(11-15(20)16-4)14-7-6-13(10-18-14)9-17-8-12(2)3/h6-7,10,12,17H,5,8-9,11H2,1-4H3,(H,16,20). The first-order valence-corrected chi connectivity index (χ1v) is 7.18. The van der Waals surface area contributed by atoms with Crippen molar-refractivity contribution in [3.05, 3.63) is 23.9 Å². The average Bonchev–Trinajstić information content (AvgIpc) is 2.45. The van der Waals surface area contributed by atoms with Crippen LogP contribution in [0.5, 0.6) is 0 Å². The molecule has 1 amide bonds. The van der Waals surface area contributed by atoms with E-state index in [0.29, 0.717) is 12.5 Å². The van der Waals surface area contributed by atoms with E-state index in [1.54, 1.807) is 7.05 Å². The molecule has 0 unspecified atom stereocenters. The zero-order chi connectivity index (χ0) is 15.0. The predicted molar refractivity (Wildman–Crippen MR) is 82.7 cm³/mol. The Morgan fingerprint density at radius 3 is 2.65 bits per heavy atom. The van der Waals surface area contributed by atoms with Crippen LogP contribution in [0.1, 0.15) is 26.3 Å². The molecule has 0 radical (unpaired) electrons. The molecule has 5 heteroatoms. The van der Waals surface area contributed by atoms with Crippen molar-refractivity contribution in [3.8, 4) is 0 Å². The number of rotatable bonds is 8. The molecule has 20 heavy (non-hydrogen) atoms. The van der Waals surface area contributed by atoms with Gasteiger partial charge in [0.2, 0.25) is 5.91 Å². The first-order valence-electron chi connectivity index (χ1n) is 7.18. The Hall–Kier alpha value is -1.62. The Kier molecular flexibility index (Phi) is 7.01. The summed E-state index contributed by atoms with van der Waals surface area (Å²) >= 11 is 0. The van der Waals surface area contributed by atoms with E-state index in [9.17, 15) is 4.79 Å². The third kappa shape index (κ3) is 5.57. The highest BCUT2D eigenvalue weighted by Crippen LogP contribution is 2.11. The number of nitrogens with zero attached hydrogens (tertiary/aromatic N) is 2. The molecule has 1 aromatic rings. The summed E-state index contributed by atoms with van der Waals surface area (Å²) in [6, 6.07) is 4.03. The van der Waals surface area contributed by atoms with Crippen molar-refractivity contribution in [2.45, 2.75) is 27.3 Å². The van der Waals surface area contributed by atoms with Crippen molar-refractivity contribution >= 4 is 11.7 Å². The Bertz CT molecular complexity index is 403. The highest BCUT2D eigenvalue weighted by Gasteiger charge is 2.09. The summed E-state index contributed by atoms with van der Waals surface area (Å²) in [7, 11) is 1.65. The summed E-state index contributed by atoms with van der Waals surface area (Å²) in [6.07, 6.45) is 1.87. The Balaban J connectivity index is 2.57. The van der Waals surface area contributed by atoms with E-state index in [0.717, 1.165) is 31.0 Å². The van der Waals surface area contributed by atoms with Gasteiger partial charge in [-0.15, -0.1) is 0 Å². The van der Waals surface area contributed by atoms with E-state index in [1.807, 2.05) is 24.1 Å². The first kappa shape index (κ1) is 16.4. The van der Waals surface area contributed by atoms with Gasteiger partial charge in [0, 0.05) is 26.3 Å². The Labute approximate surface area is 121 Å². The number of anilines is 1. The van der Waals surface area contributed by atoms with Gasteiger partial charge in [-0.25, -0.2) is 4.98 Å². The molecule has 1 aromatic heterocycles. The molecule has 0 aliphatic carbocycles. The number of amides is 1. The number of hydrogen-bond donors (Lipinski definition) is 2. The molecule has 0 fully saturated rings. The lowest BCUT2D eigenvalue weighted by molar-refractivity contribution is -0.119. The van der Waals surface area contributed by atoms with Crippen molar-refractivity contribution in [2.24, 2.45) is 5.92 Å². The van der Waals surface area contributed by atoms with Crippen LogP contribution in [0, 0.1) is 5.92 Å². The van der Waals surface area contributed by atoms with Gasteiger partial charge in [-0.3, -0.25) is 4.79 Å². The number of nitrogens with one attached hydrogen (secondary N) is 2. The summed E-state index contributed by atoms with van der Waals surface area (Å²) in [6.45, 7) is 9.31. The van der Waals surface area contributed by atoms with Gasteiger partial charge in [0.15, 0.2) is 0 Å². The molecule has 2 N–H and O–H groups in total. The molecule has 0 spiro atoms. The SMILES string of the molecule is CCN(CC(=O)NC)c1ccc(CNCC(C)C)cn1. The number of pyridine rings is 1. The van der Waals surface area contributed by atoms with Crippen molar-refractivity contribution in [1.29, 1.82) is 0 Å². The summed E-state index contributed by atoms with van der Waals surface area (Å²) in [4.78, 5) is 17.8. The number of likely N-dealkylation sites (N-methyl/N-ethyl adjacent to an activating group) is 2. The van der Waals surface area contributed by atoms with Crippen LogP contribution in [0.15, 0.2) is 18.3 Å². The second kappa shape index (κ2) is 8.53. The van der Waals surface area contributed by atoms with Gasteiger partial charge in [-0.05, 0) is 31.0 Å². The molecular formula is C15H26N4O. The summed E-state index contributed by atoms with van der Waals surface area (Å²) in [5, 5.41) is 6.02. The van der Waals surface area contributed by atoms with Crippen LogP contribution >= 0.6 is 0 Å². The average molecular weight is 278 g/mol. The van der Waals surface area contributed by atoms with Crippen molar-refractivity contribution in [3.63, 3.8) is 0 Å². The lowest BCUT2D eigenvalue weighted by atomic mass is 10.2. The molecule has 1 rings (SSSR count). The van der Waals surface area contributed by atoms with Crippen molar-refractivity contribution in [2.75, 3.05) is 31.6 Å². The molecule has 0 aliphatic rings. The van der Waals surface area contributed by atoms with E-state index in [4.69, 9.17) is 0 Å². The summed E-state index contributed by atoms with van der Waals surface area (Å²) < 4.78 is 0. The molecular weight excluding hydrogens is 252 g/mol. The maximum absolute atomic E-state index is 11.4. The van der Waals surface area contributed by atoms with Gasteiger partial charge in [-0.1, -0.05) is 19.9 Å². The van der Waals surface area contributed by atoms with Gasteiger partial charge in [0.05, 0.1) is 6.54 Å². The number of hydrogen-bond acceptors (Lipinski definition) is 4. The minimum absolute atomic E-state index is 0.00340. The largest absolute Gasteiger partial charge is 0.358 e. The fraction of sp³-hybridized carbons (Fsp3) is 0.600. The van der Waals surface area contributed by atoms with E-state index < -0.39 is 0 Å². The molecule has 5 nitrogen and oxygen atoms in total. The van der Waals surface area contributed by atoms with Gasteiger partial charge in [0.1, 0.15) is 5.82 Å². The van der Waals surface area contributed by atoms with Crippen LogP contribution in [0.2, 0.25) is 0 Å². The maximum Gasteiger partial charge on any atom is 0.239 e. The lowest BCUT2D eigenvalue weighted by Crippen LogP contribution is -2.36. The zero-order valence-electron chi connectivity index (χ0n) is 12.9. The fourth-order valence-corrected chi connectivity index (χ4v) is 1.82. The third-order valence-electron chi connectivity index (χ3n) is 3.01. The molecule has 0 aliphatic heterocycles. The van der Waals surface area contributed by atoms with Crippen LogP contribution < -0.4 is 15.5 Å². The first-order chi connectivity index (χ1) is 9.56. The monoisotopic (exact) mass is 278 g/mol. The van der Waals surface area contributed by atoms with Crippen molar-refractivity contribution in [1.82, 2.24) is 15.6 Å². The molecule has 112 valence electrons. The van der Waals surface area contributed by atoms with Gasteiger partial charge >= 0.3 is 0 Å². The minimum atomic E-state index is -0.00340. The van der Waals surface area contributed by atoms with Crippen LogP contribution in [0.3, 0.4) is 0 Å². The molecule has 1 heterocycles. The van der Waals surface area contributed by atoms with Crippen LogP contribution in [-0.2, 0) is 11.3 Å².